The molecule has 1 aromatic carbocycles. The Morgan fingerprint density at radius 2 is 2.39 bits per heavy atom. The third-order valence-corrected chi connectivity index (χ3v) is 3.12. The fraction of sp³-hybridized carbons (Fsp3) is 0.111. The van der Waals surface area contributed by atoms with Gasteiger partial charge in [-0.1, -0.05) is 0 Å². The first kappa shape index (κ1) is 14.3. The molecule has 9 heteroatoms. The maximum absolute atomic E-state index is 10.8. The van der Waals surface area contributed by atoms with Crippen molar-refractivity contribution >= 4 is 45.2 Å². The van der Waals surface area contributed by atoms with Crippen LogP contribution in [-0.4, -0.2) is 21.4 Å². The first-order valence-electron chi connectivity index (χ1n) is 4.59. The average Bonchev–Trinajstić information content (AvgIpc) is 2.28. The number of hydrazone groups is 1. The molecule has 0 saturated carbocycles. The highest BCUT2D eigenvalue weighted by molar-refractivity contribution is 9.10. The summed E-state index contributed by atoms with van der Waals surface area (Å²) in [6.07, 6.45) is 1.19. The lowest BCUT2D eigenvalue weighted by molar-refractivity contribution is -0.385. The van der Waals surface area contributed by atoms with Crippen LogP contribution < -0.4 is 11.2 Å². The Labute approximate surface area is 116 Å². The topological polar surface area (TPSA) is 114 Å². The van der Waals surface area contributed by atoms with E-state index in [-0.39, 0.29) is 26.6 Å². The highest BCUT2D eigenvalue weighted by atomic mass is 79.9. The maximum Gasteiger partial charge on any atom is 0.274 e. The van der Waals surface area contributed by atoms with E-state index in [1.807, 2.05) is 0 Å². The fourth-order valence-electron chi connectivity index (χ4n) is 1.19. The Hall–Kier alpha value is -1.74. The lowest BCUT2D eigenvalue weighted by atomic mass is 10.1. The lowest BCUT2D eigenvalue weighted by Gasteiger charge is -2.06. The van der Waals surface area contributed by atoms with Crippen molar-refractivity contribution in [1.82, 2.24) is 5.43 Å². The smallest absolute Gasteiger partial charge is 0.274 e. The number of nitrogens with one attached hydrogen (secondary N) is 1. The van der Waals surface area contributed by atoms with E-state index < -0.39 is 4.92 Å². The zero-order valence-corrected chi connectivity index (χ0v) is 11.6. The Morgan fingerprint density at radius 3 is 2.89 bits per heavy atom. The van der Waals surface area contributed by atoms with Gasteiger partial charge in [0.15, 0.2) is 5.11 Å². The van der Waals surface area contributed by atoms with Crippen LogP contribution in [0.4, 0.5) is 5.69 Å². The minimum Gasteiger partial charge on any atom is -0.506 e. The van der Waals surface area contributed by atoms with E-state index in [0.29, 0.717) is 5.56 Å². The Kier molecular flexibility index (Phi) is 4.56. The molecular weight excluding hydrogens is 324 g/mol. The second-order valence-electron chi connectivity index (χ2n) is 3.26. The van der Waals surface area contributed by atoms with E-state index in [0.717, 1.165) is 0 Å². The molecule has 0 bridgehead atoms. The molecule has 0 saturated heterocycles. The Bertz CT molecular complexity index is 547. The number of hydrogen-bond donors (Lipinski definition) is 3. The van der Waals surface area contributed by atoms with E-state index >= 15 is 0 Å². The van der Waals surface area contributed by atoms with Crippen molar-refractivity contribution in [3.63, 3.8) is 0 Å². The molecule has 96 valence electrons. The number of phenolic OH excluding ortho intramolecular Hbond substituents is 1. The molecule has 0 aromatic heterocycles. The number of phenols is 1. The zero-order valence-electron chi connectivity index (χ0n) is 9.18. The molecule has 1 rings (SSSR count). The standard InChI is InChI=1S/C9H9BrN4O3S/c1-4-6(14(16)17)2-5(8(15)7(4)10)3-12-13-9(11)18/h2-3,15H,1H3,(H3,11,13,18). The summed E-state index contributed by atoms with van der Waals surface area (Å²) in [7, 11) is 0. The van der Waals surface area contributed by atoms with Crippen molar-refractivity contribution in [3.05, 3.63) is 31.8 Å². The molecular formula is C9H9BrN4O3S. The van der Waals surface area contributed by atoms with E-state index in [1.54, 1.807) is 0 Å². The number of nitro benzene ring substituents is 1. The van der Waals surface area contributed by atoms with Crippen molar-refractivity contribution in [2.75, 3.05) is 0 Å². The third kappa shape index (κ3) is 3.14. The second-order valence-corrected chi connectivity index (χ2v) is 4.50. The van der Waals surface area contributed by atoms with Crippen LogP contribution in [0, 0.1) is 17.0 Å². The number of aromatic hydroxyl groups is 1. The molecule has 18 heavy (non-hydrogen) atoms. The van der Waals surface area contributed by atoms with E-state index in [9.17, 15) is 15.2 Å². The predicted octanol–water partition coefficient (Wildman–Crippen LogP) is 1.54. The van der Waals surface area contributed by atoms with E-state index in [1.165, 1.54) is 19.2 Å². The zero-order chi connectivity index (χ0) is 13.9. The minimum atomic E-state index is -0.544. The number of nitrogens with two attached hydrogens (primary N) is 1. The highest BCUT2D eigenvalue weighted by Gasteiger charge is 2.19. The van der Waals surface area contributed by atoms with Crippen LogP contribution in [0.1, 0.15) is 11.1 Å². The number of nitro groups is 1. The van der Waals surface area contributed by atoms with Crippen molar-refractivity contribution in [2.45, 2.75) is 6.92 Å². The Morgan fingerprint density at radius 1 is 1.78 bits per heavy atom. The maximum atomic E-state index is 10.8. The number of nitrogens with zero attached hydrogens (tertiary/aromatic N) is 2. The summed E-state index contributed by atoms with van der Waals surface area (Å²) in [4.78, 5) is 10.3. The molecule has 0 unspecified atom stereocenters. The monoisotopic (exact) mass is 332 g/mol. The molecule has 0 spiro atoms. The van der Waals surface area contributed by atoms with Crippen LogP contribution >= 0.6 is 28.1 Å². The summed E-state index contributed by atoms with van der Waals surface area (Å²) in [5, 5.41) is 24.2. The van der Waals surface area contributed by atoms with Gasteiger partial charge in [-0.25, -0.2) is 0 Å². The molecule has 1 aromatic rings. The number of halogens is 1. The molecule has 0 atom stereocenters. The van der Waals surface area contributed by atoms with Crippen LogP contribution in [0.3, 0.4) is 0 Å². The number of thiocarbonyl (C=S) groups is 1. The van der Waals surface area contributed by atoms with E-state index in [2.05, 4.69) is 38.7 Å². The SMILES string of the molecule is Cc1c([N+](=O)[O-])cc(C=NNC(N)=S)c(O)c1Br. The number of rotatable bonds is 3. The van der Waals surface area contributed by atoms with Gasteiger partial charge in [0.05, 0.1) is 15.6 Å². The molecule has 0 radical (unpaired) electrons. The molecule has 0 aliphatic heterocycles. The van der Waals surface area contributed by atoms with Gasteiger partial charge in [0, 0.05) is 17.2 Å². The summed E-state index contributed by atoms with van der Waals surface area (Å²) in [5.41, 5.74) is 7.81. The molecule has 0 aliphatic rings. The quantitative estimate of drug-likeness (QED) is 0.335. The third-order valence-electron chi connectivity index (χ3n) is 2.06. The van der Waals surface area contributed by atoms with Crippen molar-refractivity contribution < 1.29 is 10.0 Å². The summed E-state index contributed by atoms with van der Waals surface area (Å²) in [6, 6.07) is 1.21. The lowest BCUT2D eigenvalue weighted by Crippen LogP contribution is -2.24. The fourth-order valence-corrected chi connectivity index (χ4v) is 1.68. The van der Waals surface area contributed by atoms with Crippen LogP contribution in [0.25, 0.3) is 0 Å². The molecule has 4 N–H and O–H groups in total. The van der Waals surface area contributed by atoms with Gasteiger partial charge in [-0.3, -0.25) is 15.5 Å². The van der Waals surface area contributed by atoms with Crippen LogP contribution in [0.15, 0.2) is 15.6 Å². The average molecular weight is 333 g/mol. The molecule has 0 fully saturated rings. The van der Waals surface area contributed by atoms with Gasteiger partial charge in [0.2, 0.25) is 0 Å². The molecule has 0 aliphatic carbocycles. The predicted molar refractivity (Wildman–Crippen MR) is 74.7 cm³/mol. The first-order valence-corrected chi connectivity index (χ1v) is 5.79. The van der Waals surface area contributed by atoms with Gasteiger partial charge in [0.25, 0.3) is 5.69 Å². The summed E-state index contributed by atoms with van der Waals surface area (Å²) >= 11 is 7.61. The van der Waals surface area contributed by atoms with Crippen LogP contribution in [0.2, 0.25) is 0 Å². The normalized spacial score (nSPS) is 10.6. The van der Waals surface area contributed by atoms with Gasteiger partial charge in [-0.2, -0.15) is 5.10 Å². The van der Waals surface area contributed by atoms with Crippen molar-refractivity contribution in [1.29, 1.82) is 0 Å². The van der Waals surface area contributed by atoms with Gasteiger partial charge < -0.3 is 10.8 Å². The van der Waals surface area contributed by atoms with Gasteiger partial charge >= 0.3 is 0 Å². The molecule has 7 nitrogen and oxygen atoms in total. The minimum absolute atomic E-state index is 0.0496. The molecule has 0 amide bonds. The van der Waals surface area contributed by atoms with Gasteiger partial charge in [-0.15, -0.1) is 0 Å². The summed E-state index contributed by atoms with van der Waals surface area (Å²) in [6.45, 7) is 1.52. The van der Waals surface area contributed by atoms with E-state index in [4.69, 9.17) is 5.73 Å². The van der Waals surface area contributed by atoms with Crippen LogP contribution in [0.5, 0.6) is 5.75 Å². The Balaban J connectivity index is 3.24. The number of hydrogen-bond acceptors (Lipinski definition) is 5. The molecule has 0 heterocycles. The van der Waals surface area contributed by atoms with Gasteiger partial charge in [0.1, 0.15) is 5.75 Å². The number of benzene rings is 1. The highest BCUT2D eigenvalue weighted by Crippen LogP contribution is 2.36. The first-order chi connectivity index (χ1) is 8.34. The van der Waals surface area contributed by atoms with Crippen LogP contribution in [-0.2, 0) is 0 Å². The second kappa shape index (κ2) is 5.74. The summed E-state index contributed by atoms with van der Waals surface area (Å²) in [5.74, 6) is -0.147. The largest absolute Gasteiger partial charge is 0.506 e. The summed E-state index contributed by atoms with van der Waals surface area (Å²) < 4.78 is 0.244. The van der Waals surface area contributed by atoms with Crippen molar-refractivity contribution in [2.24, 2.45) is 10.8 Å². The van der Waals surface area contributed by atoms with Crippen molar-refractivity contribution in [3.8, 4) is 5.75 Å². The van der Waals surface area contributed by atoms with Gasteiger partial charge in [-0.05, 0) is 35.1 Å².